The van der Waals surface area contributed by atoms with Gasteiger partial charge in [0.15, 0.2) is 0 Å². The van der Waals surface area contributed by atoms with Gasteiger partial charge >= 0.3 is 0 Å². The molecular formula is C23H30N2O2S. The molecule has 0 aromatic heterocycles. The molecule has 0 aliphatic carbocycles. The lowest BCUT2D eigenvalue weighted by Crippen LogP contribution is -2.48. The Morgan fingerprint density at radius 2 is 1.57 bits per heavy atom. The SMILES string of the molecule is CCNC(=O)[C@@H](C)N(Cc1ccccc1C)C(=O)CSCc1ccccc1C. The van der Waals surface area contributed by atoms with Gasteiger partial charge in [0.1, 0.15) is 6.04 Å². The Hall–Kier alpha value is -2.27. The third-order valence-electron chi connectivity index (χ3n) is 4.86. The summed E-state index contributed by atoms with van der Waals surface area (Å²) in [6.45, 7) is 8.79. The van der Waals surface area contributed by atoms with E-state index < -0.39 is 6.04 Å². The van der Waals surface area contributed by atoms with Crippen molar-refractivity contribution in [1.82, 2.24) is 10.2 Å². The van der Waals surface area contributed by atoms with Crippen LogP contribution in [0.3, 0.4) is 0 Å². The summed E-state index contributed by atoms with van der Waals surface area (Å²) in [4.78, 5) is 27.1. The zero-order valence-electron chi connectivity index (χ0n) is 17.2. The van der Waals surface area contributed by atoms with E-state index in [4.69, 9.17) is 0 Å². The van der Waals surface area contributed by atoms with Gasteiger partial charge in [-0.15, -0.1) is 11.8 Å². The van der Waals surface area contributed by atoms with Crippen molar-refractivity contribution in [1.29, 1.82) is 0 Å². The quantitative estimate of drug-likeness (QED) is 0.692. The molecule has 0 aliphatic rings. The fraction of sp³-hybridized carbons (Fsp3) is 0.391. The first-order valence-corrected chi connectivity index (χ1v) is 10.8. The smallest absolute Gasteiger partial charge is 0.242 e. The molecule has 150 valence electrons. The second kappa shape index (κ2) is 10.9. The molecule has 0 aliphatic heterocycles. The van der Waals surface area contributed by atoms with Crippen LogP contribution < -0.4 is 5.32 Å². The fourth-order valence-electron chi connectivity index (χ4n) is 2.98. The molecular weight excluding hydrogens is 368 g/mol. The van der Waals surface area contributed by atoms with Crippen LogP contribution in [0.4, 0.5) is 0 Å². The summed E-state index contributed by atoms with van der Waals surface area (Å²) in [6.07, 6.45) is 0. The standard InChI is InChI=1S/C23H30N2O2S/c1-5-24-23(27)19(4)25(14-20-12-8-6-10-17(20)2)22(26)16-28-15-21-13-9-7-11-18(21)3/h6-13,19H,5,14-16H2,1-4H3,(H,24,27)/t19-/m1/s1. The van der Waals surface area contributed by atoms with Crippen molar-refractivity contribution in [3.63, 3.8) is 0 Å². The number of nitrogens with zero attached hydrogens (tertiary/aromatic N) is 1. The van der Waals surface area contributed by atoms with Gasteiger partial charge in [-0.3, -0.25) is 9.59 Å². The van der Waals surface area contributed by atoms with E-state index in [0.717, 1.165) is 16.9 Å². The molecule has 0 radical (unpaired) electrons. The monoisotopic (exact) mass is 398 g/mol. The van der Waals surface area contributed by atoms with Gasteiger partial charge in [0.2, 0.25) is 11.8 Å². The maximum Gasteiger partial charge on any atom is 0.242 e. The molecule has 0 unspecified atom stereocenters. The minimum atomic E-state index is -0.508. The van der Waals surface area contributed by atoms with Crippen LogP contribution in [0.15, 0.2) is 48.5 Å². The van der Waals surface area contributed by atoms with Crippen LogP contribution in [0, 0.1) is 13.8 Å². The third-order valence-corrected chi connectivity index (χ3v) is 5.83. The van der Waals surface area contributed by atoms with Gasteiger partial charge in [0.25, 0.3) is 0 Å². The second-order valence-corrected chi connectivity index (χ2v) is 7.92. The number of carbonyl (C=O) groups excluding carboxylic acids is 2. The number of likely N-dealkylation sites (N-methyl/N-ethyl adjacent to an activating group) is 1. The number of amides is 2. The Morgan fingerprint density at radius 1 is 1.00 bits per heavy atom. The first-order chi connectivity index (χ1) is 13.4. The summed E-state index contributed by atoms with van der Waals surface area (Å²) in [5, 5.41) is 2.83. The Bertz CT molecular complexity index is 807. The Morgan fingerprint density at radius 3 is 2.14 bits per heavy atom. The number of benzene rings is 2. The lowest BCUT2D eigenvalue weighted by molar-refractivity contribution is -0.138. The van der Waals surface area contributed by atoms with Crippen LogP contribution >= 0.6 is 11.8 Å². The predicted molar refractivity (Wildman–Crippen MR) is 117 cm³/mol. The van der Waals surface area contributed by atoms with Crippen molar-refractivity contribution in [2.45, 2.75) is 46.0 Å². The molecule has 0 saturated carbocycles. The highest BCUT2D eigenvalue weighted by Crippen LogP contribution is 2.19. The first kappa shape index (κ1) is 22.0. The molecule has 2 amide bonds. The van der Waals surface area contributed by atoms with Crippen LogP contribution in [0.2, 0.25) is 0 Å². The second-order valence-electron chi connectivity index (χ2n) is 6.94. The van der Waals surface area contributed by atoms with E-state index in [1.165, 1.54) is 11.1 Å². The van der Waals surface area contributed by atoms with Crippen molar-refractivity contribution in [2.24, 2.45) is 0 Å². The number of rotatable bonds is 9. The first-order valence-electron chi connectivity index (χ1n) is 9.68. The number of carbonyl (C=O) groups is 2. The van der Waals surface area contributed by atoms with Crippen molar-refractivity contribution in [3.05, 3.63) is 70.8 Å². The third kappa shape index (κ3) is 6.13. The highest BCUT2D eigenvalue weighted by Gasteiger charge is 2.26. The number of hydrogen-bond donors (Lipinski definition) is 1. The average Bonchev–Trinajstić information content (AvgIpc) is 2.68. The Labute approximate surface area is 172 Å². The molecule has 0 saturated heterocycles. The normalized spacial score (nSPS) is 11.7. The maximum absolute atomic E-state index is 13.0. The maximum atomic E-state index is 13.0. The largest absolute Gasteiger partial charge is 0.355 e. The average molecular weight is 399 g/mol. The van der Waals surface area contributed by atoms with Gasteiger partial charge in [-0.25, -0.2) is 0 Å². The Kier molecular flexibility index (Phi) is 8.58. The van der Waals surface area contributed by atoms with E-state index in [9.17, 15) is 9.59 Å². The minimum Gasteiger partial charge on any atom is -0.355 e. The molecule has 4 nitrogen and oxygen atoms in total. The summed E-state index contributed by atoms with van der Waals surface area (Å²) >= 11 is 1.59. The lowest BCUT2D eigenvalue weighted by atomic mass is 10.1. The van der Waals surface area contributed by atoms with E-state index in [1.807, 2.05) is 50.2 Å². The number of aryl methyl sites for hydroxylation is 2. The van der Waals surface area contributed by atoms with E-state index in [1.54, 1.807) is 23.6 Å². The zero-order chi connectivity index (χ0) is 20.5. The van der Waals surface area contributed by atoms with E-state index in [-0.39, 0.29) is 11.8 Å². The highest BCUT2D eigenvalue weighted by molar-refractivity contribution is 7.99. The van der Waals surface area contributed by atoms with Gasteiger partial charge in [0.05, 0.1) is 5.75 Å². The molecule has 0 heterocycles. The van der Waals surface area contributed by atoms with Gasteiger partial charge in [-0.05, 0) is 49.9 Å². The molecule has 1 atom stereocenters. The van der Waals surface area contributed by atoms with Gasteiger partial charge in [-0.2, -0.15) is 0 Å². The van der Waals surface area contributed by atoms with E-state index >= 15 is 0 Å². The van der Waals surface area contributed by atoms with E-state index in [0.29, 0.717) is 18.8 Å². The highest BCUT2D eigenvalue weighted by atomic mass is 32.2. The van der Waals surface area contributed by atoms with Crippen molar-refractivity contribution < 1.29 is 9.59 Å². The molecule has 2 aromatic rings. The summed E-state index contributed by atoms with van der Waals surface area (Å²) < 4.78 is 0. The lowest BCUT2D eigenvalue weighted by Gasteiger charge is -2.29. The van der Waals surface area contributed by atoms with Crippen molar-refractivity contribution in [3.8, 4) is 0 Å². The summed E-state index contributed by atoms with van der Waals surface area (Å²) in [5.41, 5.74) is 4.66. The Balaban J connectivity index is 2.08. The fourth-order valence-corrected chi connectivity index (χ4v) is 3.97. The predicted octanol–water partition coefficient (Wildman–Crippen LogP) is 4.09. The number of hydrogen-bond acceptors (Lipinski definition) is 3. The molecule has 2 aromatic carbocycles. The van der Waals surface area contributed by atoms with E-state index in [2.05, 4.69) is 24.4 Å². The van der Waals surface area contributed by atoms with Gasteiger partial charge < -0.3 is 10.2 Å². The molecule has 0 spiro atoms. The van der Waals surface area contributed by atoms with Crippen LogP contribution in [-0.4, -0.2) is 35.1 Å². The molecule has 0 bridgehead atoms. The van der Waals surface area contributed by atoms with Crippen LogP contribution in [0.25, 0.3) is 0 Å². The minimum absolute atomic E-state index is 0.0133. The molecule has 5 heteroatoms. The van der Waals surface area contributed by atoms with Gasteiger partial charge in [-0.1, -0.05) is 48.5 Å². The van der Waals surface area contributed by atoms with Crippen LogP contribution in [0.1, 0.15) is 36.1 Å². The molecule has 1 N–H and O–H groups in total. The number of nitrogens with one attached hydrogen (secondary N) is 1. The van der Waals surface area contributed by atoms with Crippen molar-refractivity contribution >= 4 is 23.6 Å². The van der Waals surface area contributed by atoms with Crippen molar-refractivity contribution in [2.75, 3.05) is 12.3 Å². The zero-order valence-corrected chi connectivity index (χ0v) is 18.0. The molecule has 28 heavy (non-hydrogen) atoms. The summed E-state index contributed by atoms with van der Waals surface area (Å²) in [5.74, 6) is 1.00. The van der Waals surface area contributed by atoms with Gasteiger partial charge in [0, 0.05) is 18.8 Å². The number of thioether (sulfide) groups is 1. The summed E-state index contributed by atoms with van der Waals surface area (Å²) in [7, 11) is 0. The van der Waals surface area contributed by atoms with Crippen LogP contribution in [0.5, 0.6) is 0 Å². The molecule has 0 fully saturated rings. The van der Waals surface area contributed by atoms with Crippen LogP contribution in [-0.2, 0) is 21.9 Å². The molecule has 2 rings (SSSR count). The summed E-state index contributed by atoms with van der Waals surface area (Å²) in [6, 6.07) is 15.7. The topological polar surface area (TPSA) is 49.4 Å².